The van der Waals surface area contributed by atoms with E-state index in [4.69, 9.17) is 23.7 Å². The van der Waals surface area contributed by atoms with Gasteiger partial charge < -0.3 is 29.0 Å². The fraction of sp³-hybridized carbons (Fsp3) is 0.368. The topological polar surface area (TPSA) is 58.2 Å². The van der Waals surface area contributed by atoms with E-state index in [9.17, 15) is 0 Å². The Morgan fingerprint density at radius 3 is 2.76 bits per heavy atom. The van der Waals surface area contributed by atoms with Crippen molar-refractivity contribution in [2.75, 3.05) is 27.6 Å². The van der Waals surface area contributed by atoms with Crippen LogP contribution in [0.2, 0.25) is 0 Å². The summed E-state index contributed by atoms with van der Waals surface area (Å²) in [7, 11) is 3.30. The molecule has 0 aromatic heterocycles. The minimum absolute atomic E-state index is 0.232. The highest BCUT2D eigenvalue weighted by atomic mass is 16.7. The van der Waals surface area contributed by atoms with Gasteiger partial charge in [-0.1, -0.05) is 12.1 Å². The van der Waals surface area contributed by atoms with E-state index in [0.717, 1.165) is 34.8 Å². The van der Waals surface area contributed by atoms with Gasteiger partial charge in [0.05, 0.1) is 14.2 Å². The van der Waals surface area contributed by atoms with Crippen molar-refractivity contribution in [2.45, 2.75) is 19.0 Å². The van der Waals surface area contributed by atoms with Crippen molar-refractivity contribution in [3.8, 4) is 28.7 Å². The van der Waals surface area contributed by atoms with Gasteiger partial charge in [0.1, 0.15) is 6.61 Å². The summed E-state index contributed by atoms with van der Waals surface area (Å²) in [5, 5.41) is 3.54. The first-order chi connectivity index (χ1) is 12.3. The fourth-order valence-corrected chi connectivity index (χ4v) is 3.23. The molecule has 0 bridgehead atoms. The number of hydrogen-bond donors (Lipinski definition) is 1. The monoisotopic (exact) mass is 343 g/mol. The molecule has 0 saturated carbocycles. The Balaban J connectivity index is 1.44. The van der Waals surface area contributed by atoms with Gasteiger partial charge in [-0.3, -0.25) is 0 Å². The van der Waals surface area contributed by atoms with Crippen molar-refractivity contribution < 1.29 is 23.7 Å². The zero-order valence-corrected chi connectivity index (χ0v) is 14.3. The molecule has 132 valence electrons. The van der Waals surface area contributed by atoms with E-state index in [0.29, 0.717) is 24.7 Å². The molecular formula is C19H21NO5. The Hall–Kier alpha value is -2.60. The number of ether oxygens (including phenoxy) is 5. The van der Waals surface area contributed by atoms with E-state index in [1.54, 1.807) is 14.2 Å². The van der Waals surface area contributed by atoms with Gasteiger partial charge in [0.25, 0.3) is 0 Å². The molecule has 0 aliphatic carbocycles. The van der Waals surface area contributed by atoms with E-state index < -0.39 is 0 Å². The van der Waals surface area contributed by atoms with Crippen molar-refractivity contribution in [3.05, 3.63) is 41.5 Å². The van der Waals surface area contributed by atoms with Gasteiger partial charge in [-0.25, -0.2) is 0 Å². The lowest BCUT2D eigenvalue weighted by atomic mass is 10.0. The third kappa shape index (κ3) is 3.05. The second kappa shape index (κ2) is 6.72. The van der Waals surface area contributed by atoms with Crippen molar-refractivity contribution >= 4 is 0 Å². The van der Waals surface area contributed by atoms with Gasteiger partial charge in [0.2, 0.25) is 12.5 Å². The molecule has 4 rings (SSSR count). The molecular weight excluding hydrogens is 322 g/mol. The lowest BCUT2D eigenvalue weighted by Gasteiger charge is -2.27. The maximum Gasteiger partial charge on any atom is 0.231 e. The van der Waals surface area contributed by atoms with Crippen LogP contribution < -0.4 is 29.0 Å². The molecule has 6 nitrogen and oxygen atoms in total. The fourth-order valence-electron chi connectivity index (χ4n) is 3.23. The molecule has 1 N–H and O–H groups in total. The van der Waals surface area contributed by atoms with Crippen LogP contribution in [0, 0.1) is 0 Å². The van der Waals surface area contributed by atoms with Crippen LogP contribution in [0.5, 0.6) is 28.7 Å². The van der Waals surface area contributed by atoms with Crippen LogP contribution in [0.4, 0.5) is 0 Å². The summed E-state index contributed by atoms with van der Waals surface area (Å²) in [5.41, 5.74) is 2.24. The third-order valence-corrected chi connectivity index (χ3v) is 4.49. The van der Waals surface area contributed by atoms with Crippen molar-refractivity contribution in [3.63, 3.8) is 0 Å². The molecule has 2 aliphatic rings. The summed E-state index contributed by atoms with van der Waals surface area (Å²) in [6, 6.07) is 10.2. The van der Waals surface area contributed by atoms with Gasteiger partial charge in [-0.2, -0.15) is 0 Å². The van der Waals surface area contributed by atoms with E-state index in [2.05, 4.69) is 11.4 Å². The van der Waals surface area contributed by atoms with E-state index >= 15 is 0 Å². The Labute approximate surface area is 146 Å². The van der Waals surface area contributed by atoms with Gasteiger partial charge in [0.15, 0.2) is 23.0 Å². The molecule has 0 fully saturated rings. The van der Waals surface area contributed by atoms with Crippen LogP contribution in [0.25, 0.3) is 0 Å². The summed E-state index contributed by atoms with van der Waals surface area (Å²) < 4.78 is 27.6. The smallest absolute Gasteiger partial charge is 0.231 e. The van der Waals surface area contributed by atoms with E-state index in [1.165, 1.54) is 0 Å². The zero-order valence-electron chi connectivity index (χ0n) is 14.3. The normalized spacial score (nSPS) is 17.6. The average molecular weight is 343 g/mol. The average Bonchev–Trinajstić information content (AvgIpc) is 3.13. The lowest BCUT2D eigenvalue weighted by Crippen LogP contribution is -2.38. The first kappa shape index (κ1) is 15.9. The van der Waals surface area contributed by atoms with E-state index in [1.807, 2.05) is 24.3 Å². The summed E-state index contributed by atoms with van der Waals surface area (Å²) >= 11 is 0. The largest absolute Gasteiger partial charge is 0.493 e. The lowest BCUT2D eigenvalue weighted by molar-refractivity contribution is 0.171. The molecule has 25 heavy (non-hydrogen) atoms. The van der Waals surface area contributed by atoms with E-state index in [-0.39, 0.29) is 12.8 Å². The molecule has 0 spiro atoms. The molecule has 2 heterocycles. The highest BCUT2D eigenvalue weighted by Gasteiger charge is 2.23. The molecule has 0 radical (unpaired) electrons. The second-order valence-electron chi connectivity index (χ2n) is 6.07. The number of fused-ring (bicyclic) bond motifs is 2. The molecule has 6 heteroatoms. The van der Waals surface area contributed by atoms with Gasteiger partial charge in [-0.05, 0) is 35.7 Å². The van der Waals surface area contributed by atoms with Crippen molar-refractivity contribution in [1.82, 2.24) is 5.32 Å². The standard InChI is InChI=1S/C19H21NO5/c1-21-15-5-3-4-13-8-14(10-23-18(13)15)20-9-12-6-16(22-2)19-17(7-12)24-11-25-19/h3-7,14,20H,8-11H2,1-2H3/t14-/m0/s1. The van der Waals surface area contributed by atoms with Crippen LogP contribution in [0.15, 0.2) is 30.3 Å². The molecule has 0 saturated heterocycles. The molecule has 2 aromatic rings. The highest BCUT2D eigenvalue weighted by Crippen LogP contribution is 2.42. The van der Waals surface area contributed by atoms with Gasteiger partial charge in [0, 0.05) is 12.6 Å². The second-order valence-corrected chi connectivity index (χ2v) is 6.07. The van der Waals surface area contributed by atoms with Crippen molar-refractivity contribution in [1.29, 1.82) is 0 Å². The zero-order chi connectivity index (χ0) is 17.2. The SMILES string of the molecule is COc1cccc2c1OC[C@@H](NCc1cc(OC)c3c(c1)OCO3)C2. The minimum atomic E-state index is 0.232. The first-order valence-electron chi connectivity index (χ1n) is 8.27. The maximum atomic E-state index is 5.91. The molecule has 2 aromatic carbocycles. The van der Waals surface area contributed by atoms with Gasteiger partial charge >= 0.3 is 0 Å². The Morgan fingerprint density at radius 2 is 1.92 bits per heavy atom. The number of methoxy groups -OCH3 is 2. The van der Waals surface area contributed by atoms with Crippen LogP contribution in [0.1, 0.15) is 11.1 Å². The van der Waals surface area contributed by atoms with Gasteiger partial charge in [-0.15, -0.1) is 0 Å². The predicted octanol–water partition coefficient (Wildman–Crippen LogP) is 2.53. The number of benzene rings is 2. The molecule has 0 unspecified atom stereocenters. The summed E-state index contributed by atoms with van der Waals surface area (Å²) in [4.78, 5) is 0. The van der Waals surface area contributed by atoms with Crippen molar-refractivity contribution in [2.24, 2.45) is 0 Å². The van der Waals surface area contributed by atoms with Crippen LogP contribution in [0.3, 0.4) is 0 Å². The Morgan fingerprint density at radius 1 is 1.04 bits per heavy atom. The summed E-state index contributed by atoms with van der Waals surface area (Å²) in [5.74, 6) is 3.74. The maximum absolute atomic E-state index is 5.91. The number of para-hydroxylation sites is 1. The number of hydrogen-bond acceptors (Lipinski definition) is 6. The summed E-state index contributed by atoms with van der Waals surface area (Å²) in [6.07, 6.45) is 0.897. The third-order valence-electron chi connectivity index (χ3n) is 4.49. The predicted molar refractivity (Wildman–Crippen MR) is 91.9 cm³/mol. The first-order valence-corrected chi connectivity index (χ1v) is 8.27. The van der Waals surface area contributed by atoms with Crippen LogP contribution >= 0.6 is 0 Å². The summed E-state index contributed by atoms with van der Waals surface area (Å²) in [6.45, 7) is 1.53. The van der Waals surface area contributed by atoms with Crippen LogP contribution in [-0.2, 0) is 13.0 Å². The molecule has 1 atom stereocenters. The molecule has 0 amide bonds. The highest BCUT2D eigenvalue weighted by molar-refractivity contribution is 5.55. The number of rotatable bonds is 5. The van der Waals surface area contributed by atoms with Crippen LogP contribution in [-0.4, -0.2) is 33.7 Å². The quantitative estimate of drug-likeness (QED) is 0.900. The Bertz CT molecular complexity index is 777. The molecule has 2 aliphatic heterocycles. The number of nitrogens with one attached hydrogen (secondary N) is 1. The Kier molecular flexibility index (Phi) is 4.28. The minimum Gasteiger partial charge on any atom is -0.493 e.